The minimum Gasteiger partial charge on any atom is -0.497 e. The van der Waals surface area contributed by atoms with E-state index in [1.165, 1.54) is 4.90 Å². The molecular weight excluding hydrogens is 416 g/mol. The first-order valence-electron chi connectivity index (χ1n) is 9.07. The highest BCUT2D eigenvalue weighted by Crippen LogP contribution is 2.36. The summed E-state index contributed by atoms with van der Waals surface area (Å²) < 4.78 is 5.14. The molecule has 2 aromatic carbocycles. The molecular formula is C23H17N2O3S2+. The first-order chi connectivity index (χ1) is 14.6. The van der Waals surface area contributed by atoms with E-state index in [0.717, 1.165) is 38.4 Å². The lowest BCUT2D eigenvalue weighted by atomic mass is 10.2. The number of hydrogen-bond donors (Lipinski definition) is 0. The molecule has 3 aromatic rings. The molecule has 2 amide bonds. The van der Waals surface area contributed by atoms with Gasteiger partial charge < -0.3 is 4.74 Å². The second kappa shape index (κ2) is 8.57. The van der Waals surface area contributed by atoms with Crippen molar-refractivity contribution >= 4 is 46.0 Å². The molecule has 0 bridgehead atoms. The highest BCUT2D eigenvalue weighted by molar-refractivity contribution is 8.18. The van der Waals surface area contributed by atoms with Crippen molar-refractivity contribution in [3.05, 3.63) is 80.9 Å². The van der Waals surface area contributed by atoms with Crippen LogP contribution in [-0.4, -0.2) is 23.2 Å². The molecule has 1 fully saturated rings. The summed E-state index contributed by atoms with van der Waals surface area (Å²) in [6.45, 7) is 5.52. The summed E-state index contributed by atoms with van der Waals surface area (Å²) >= 11 is 2.52. The van der Waals surface area contributed by atoms with Gasteiger partial charge in [0, 0.05) is 21.9 Å². The number of thiophene rings is 1. The van der Waals surface area contributed by atoms with Crippen LogP contribution in [0.5, 0.6) is 5.75 Å². The number of methoxy groups -OCH3 is 1. The van der Waals surface area contributed by atoms with Crippen molar-refractivity contribution in [3.8, 4) is 22.8 Å². The average Bonchev–Trinajstić information content (AvgIpc) is 3.35. The molecule has 2 heterocycles. The first-order valence-corrected chi connectivity index (χ1v) is 10.7. The molecule has 0 spiro atoms. The molecule has 30 heavy (non-hydrogen) atoms. The minimum atomic E-state index is -0.273. The number of imide groups is 1. The Morgan fingerprint density at radius 2 is 1.77 bits per heavy atom. The molecule has 0 saturated carbocycles. The van der Waals surface area contributed by atoms with Crippen molar-refractivity contribution in [2.75, 3.05) is 7.11 Å². The van der Waals surface area contributed by atoms with Gasteiger partial charge in [0.25, 0.3) is 17.7 Å². The Hall–Kier alpha value is -3.34. The zero-order valence-electron chi connectivity index (χ0n) is 16.1. The fourth-order valence-corrected chi connectivity index (χ4v) is 4.84. The number of carbonyl (C=O) groups excluding carboxylic acids is 2. The van der Waals surface area contributed by atoms with Crippen LogP contribution in [0.15, 0.2) is 65.6 Å². The summed E-state index contributed by atoms with van der Waals surface area (Å²) in [4.78, 5) is 32.5. The number of amides is 2. The van der Waals surface area contributed by atoms with Gasteiger partial charge in [-0.1, -0.05) is 12.1 Å². The quantitative estimate of drug-likeness (QED) is 0.446. The molecule has 148 valence electrons. The molecule has 1 saturated heterocycles. The second-order valence-electron chi connectivity index (χ2n) is 6.49. The maximum Gasteiger partial charge on any atom is 0.339 e. The van der Waals surface area contributed by atoms with Gasteiger partial charge in [-0.25, -0.2) is 0 Å². The number of hydrogen-bond acceptors (Lipinski definition) is 5. The van der Waals surface area contributed by atoms with Crippen molar-refractivity contribution in [1.29, 1.82) is 0 Å². The van der Waals surface area contributed by atoms with E-state index >= 15 is 0 Å². The lowest BCUT2D eigenvalue weighted by Crippen LogP contribution is -2.27. The summed E-state index contributed by atoms with van der Waals surface area (Å²) in [5.41, 5.74) is 2.62. The van der Waals surface area contributed by atoms with Crippen molar-refractivity contribution in [2.45, 2.75) is 6.54 Å². The number of rotatable bonds is 5. The van der Waals surface area contributed by atoms with Crippen molar-refractivity contribution in [2.24, 2.45) is 0 Å². The highest BCUT2D eigenvalue weighted by Gasteiger charge is 2.35. The third kappa shape index (κ3) is 4.15. The number of benzene rings is 2. The van der Waals surface area contributed by atoms with Gasteiger partial charge in [0.15, 0.2) is 0 Å². The zero-order chi connectivity index (χ0) is 21.1. The predicted octanol–water partition coefficient (Wildman–Crippen LogP) is 6.25. The number of thioether (sulfide) groups is 1. The molecule has 0 N–H and O–H groups in total. The molecule has 5 nitrogen and oxygen atoms in total. The van der Waals surface area contributed by atoms with Crippen LogP contribution in [0.25, 0.3) is 21.4 Å². The van der Waals surface area contributed by atoms with E-state index in [4.69, 9.17) is 11.3 Å². The second-order valence-corrected chi connectivity index (χ2v) is 8.60. The first kappa shape index (κ1) is 20.0. The molecule has 0 atom stereocenters. The largest absolute Gasteiger partial charge is 0.497 e. The van der Waals surface area contributed by atoms with Gasteiger partial charge in [-0.05, 0) is 70.2 Å². The Morgan fingerprint density at radius 3 is 2.43 bits per heavy atom. The summed E-state index contributed by atoms with van der Waals surface area (Å²) in [6, 6.07) is 18.8. The number of carbonyl (C=O) groups is 2. The fraction of sp³-hybridized carbons (Fsp3) is 0.0870. The summed E-state index contributed by atoms with van der Waals surface area (Å²) in [5.74, 6) is 0.457. The van der Waals surface area contributed by atoms with Crippen LogP contribution in [0.3, 0.4) is 0 Å². The van der Waals surface area contributed by atoms with Gasteiger partial charge in [0.2, 0.25) is 0 Å². The molecule has 7 heteroatoms. The Kier molecular flexibility index (Phi) is 5.70. The third-order valence-corrected chi connectivity index (χ3v) is 6.56. The SMILES string of the molecule is C#[N+]c1ccc(-c2ccc(C=C3SC(=O)N(Cc4ccc(OC)cc4)C3=O)s2)cc1. The van der Waals surface area contributed by atoms with Crippen LogP contribution in [-0.2, 0) is 11.3 Å². The van der Waals surface area contributed by atoms with Crippen LogP contribution in [0.4, 0.5) is 10.5 Å². The zero-order valence-corrected chi connectivity index (χ0v) is 17.7. The van der Waals surface area contributed by atoms with Crippen LogP contribution >= 0.6 is 23.1 Å². The standard InChI is InChI=1S/C23H17N2O3S2/c1-24-17-7-5-16(6-8-17)20-12-11-19(29-20)13-21-22(26)25(23(27)30-21)14-15-3-9-18(28-2)10-4-15/h1,3-13H,14H2,2H3/q+1. The van der Waals surface area contributed by atoms with Crippen LogP contribution in [0.2, 0.25) is 0 Å². The van der Waals surface area contributed by atoms with Crippen molar-refractivity contribution in [1.82, 2.24) is 4.90 Å². The van der Waals surface area contributed by atoms with E-state index in [9.17, 15) is 9.59 Å². The molecule has 1 aliphatic heterocycles. The Morgan fingerprint density at radius 1 is 1.03 bits per heavy atom. The van der Waals surface area contributed by atoms with Gasteiger partial charge in [0.1, 0.15) is 5.75 Å². The molecule has 1 aromatic heterocycles. The molecule has 0 aliphatic carbocycles. The predicted molar refractivity (Wildman–Crippen MR) is 122 cm³/mol. The molecule has 0 radical (unpaired) electrons. The van der Waals surface area contributed by atoms with E-state index in [1.807, 2.05) is 60.7 Å². The van der Waals surface area contributed by atoms with E-state index in [2.05, 4.69) is 4.85 Å². The smallest absolute Gasteiger partial charge is 0.339 e. The fourth-order valence-electron chi connectivity index (χ4n) is 2.98. The third-order valence-electron chi connectivity index (χ3n) is 4.57. The highest BCUT2D eigenvalue weighted by atomic mass is 32.2. The summed E-state index contributed by atoms with van der Waals surface area (Å²) in [7, 11) is 1.59. The Balaban J connectivity index is 1.50. The summed E-state index contributed by atoms with van der Waals surface area (Å²) in [6.07, 6.45) is 1.77. The van der Waals surface area contributed by atoms with Gasteiger partial charge >= 0.3 is 5.69 Å². The van der Waals surface area contributed by atoms with Gasteiger partial charge in [-0.2, -0.15) is 0 Å². The van der Waals surface area contributed by atoms with Crippen molar-refractivity contribution in [3.63, 3.8) is 0 Å². The molecule has 0 unspecified atom stereocenters. The van der Waals surface area contributed by atoms with Crippen LogP contribution in [0.1, 0.15) is 10.4 Å². The Labute approximate surface area is 182 Å². The van der Waals surface area contributed by atoms with Crippen molar-refractivity contribution < 1.29 is 14.3 Å². The Bertz CT molecular complexity index is 1170. The maximum atomic E-state index is 12.8. The lowest BCUT2D eigenvalue weighted by molar-refractivity contribution is -0.123. The van der Waals surface area contributed by atoms with Gasteiger partial charge in [-0.3, -0.25) is 14.5 Å². The van der Waals surface area contributed by atoms with Crippen LogP contribution in [0, 0.1) is 6.57 Å². The number of nitrogens with zero attached hydrogens (tertiary/aromatic N) is 2. The van der Waals surface area contributed by atoms with E-state index in [-0.39, 0.29) is 17.7 Å². The molecule has 1 aliphatic rings. The van der Waals surface area contributed by atoms with Crippen LogP contribution < -0.4 is 4.74 Å². The van der Waals surface area contributed by atoms with Gasteiger partial charge in [-0.15, -0.1) is 11.3 Å². The topological polar surface area (TPSA) is 51.0 Å². The van der Waals surface area contributed by atoms with E-state index in [1.54, 1.807) is 24.5 Å². The number of ether oxygens (including phenoxy) is 1. The normalized spacial score (nSPS) is 14.9. The lowest BCUT2D eigenvalue weighted by Gasteiger charge is -2.12. The molecule has 4 rings (SSSR count). The monoisotopic (exact) mass is 433 g/mol. The van der Waals surface area contributed by atoms with E-state index < -0.39 is 0 Å². The van der Waals surface area contributed by atoms with E-state index in [0.29, 0.717) is 10.6 Å². The minimum absolute atomic E-state index is 0.236. The average molecular weight is 434 g/mol. The van der Waals surface area contributed by atoms with Gasteiger partial charge in [0.05, 0.1) is 18.6 Å². The maximum absolute atomic E-state index is 12.8. The summed E-state index contributed by atoms with van der Waals surface area (Å²) in [5, 5.41) is -0.264.